The monoisotopic (exact) mass is 289 g/mol. The van der Waals surface area contributed by atoms with Crippen LogP contribution in [0, 0.1) is 0 Å². The van der Waals surface area contributed by atoms with Crippen molar-refractivity contribution >= 4 is 27.3 Å². The number of thiophene rings is 1. The number of carboxylic acid groups (broad SMARTS) is 1. The molecule has 100 valence electrons. The Morgan fingerprint density at radius 3 is 2.72 bits per heavy atom. The fourth-order valence-electron chi connectivity index (χ4n) is 1.39. The molecular weight excluding hydrogens is 274 g/mol. The summed E-state index contributed by atoms with van der Waals surface area (Å²) in [4.78, 5) is 10.7. The highest BCUT2D eigenvalue weighted by atomic mass is 32.2. The lowest BCUT2D eigenvalue weighted by molar-refractivity contribution is 0.0697. The normalized spacial score (nSPS) is 11.7. The van der Waals surface area contributed by atoms with Crippen LogP contribution in [0.25, 0.3) is 0 Å². The zero-order valence-corrected chi connectivity index (χ0v) is 11.6. The average molecular weight is 289 g/mol. The Morgan fingerprint density at radius 1 is 1.61 bits per heavy atom. The molecule has 0 fully saturated rings. The van der Waals surface area contributed by atoms with E-state index in [9.17, 15) is 13.2 Å². The Balaban J connectivity index is 3.09. The van der Waals surface area contributed by atoms with Gasteiger partial charge in [0.1, 0.15) is 4.21 Å². The van der Waals surface area contributed by atoms with Crippen LogP contribution in [-0.2, 0) is 10.0 Å². The summed E-state index contributed by atoms with van der Waals surface area (Å²) in [6, 6.07) is 1.19. The van der Waals surface area contributed by atoms with Gasteiger partial charge in [-0.3, -0.25) is 0 Å². The van der Waals surface area contributed by atoms with Crippen LogP contribution in [0.3, 0.4) is 0 Å². The zero-order chi connectivity index (χ0) is 13.8. The van der Waals surface area contributed by atoms with Crippen LogP contribution in [0.2, 0.25) is 0 Å². The summed E-state index contributed by atoms with van der Waals surface area (Å²) in [5.41, 5.74) is -0.00590. The second-order valence-corrected chi connectivity index (χ2v) is 6.69. The lowest BCUT2D eigenvalue weighted by Crippen LogP contribution is -2.31. The summed E-state index contributed by atoms with van der Waals surface area (Å²) < 4.78 is 25.8. The van der Waals surface area contributed by atoms with Gasteiger partial charge >= 0.3 is 5.97 Å². The molecule has 1 aromatic heterocycles. The van der Waals surface area contributed by atoms with Crippen molar-refractivity contribution < 1.29 is 18.3 Å². The smallest absolute Gasteiger partial charge is 0.336 e. The molecule has 1 aromatic rings. The number of hydrogen-bond acceptors (Lipinski definition) is 4. The molecule has 0 spiro atoms. The van der Waals surface area contributed by atoms with Gasteiger partial charge in [-0.05, 0) is 12.5 Å². The van der Waals surface area contributed by atoms with Crippen molar-refractivity contribution in [3.05, 3.63) is 29.7 Å². The highest BCUT2D eigenvalue weighted by Gasteiger charge is 2.25. The fourth-order valence-corrected chi connectivity index (χ4v) is 4.20. The van der Waals surface area contributed by atoms with Gasteiger partial charge in [0.25, 0.3) is 10.0 Å². The second kappa shape index (κ2) is 6.12. The van der Waals surface area contributed by atoms with Crippen molar-refractivity contribution in [1.29, 1.82) is 0 Å². The third-order valence-corrected chi connectivity index (χ3v) is 5.50. The van der Waals surface area contributed by atoms with E-state index in [0.717, 1.165) is 11.3 Å². The maximum Gasteiger partial charge on any atom is 0.336 e. The minimum atomic E-state index is -3.62. The van der Waals surface area contributed by atoms with Crippen LogP contribution in [-0.4, -0.2) is 36.9 Å². The average Bonchev–Trinajstić information content (AvgIpc) is 2.78. The summed E-state index contributed by atoms with van der Waals surface area (Å²) in [5.74, 6) is -1.13. The molecule has 0 aliphatic carbocycles. The lowest BCUT2D eigenvalue weighted by atomic mass is 10.4. The van der Waals surface area contributed by atoms with Gasteiger partial charge < -0.3 is 5.11 Å². The molecule has 0 aromatic carbocycles. The molecule has 0 aliphatic heterocycles. The molecule has 7 heteroatoms. The zero-order valence-electron chi connectivity index (χ0n) is 10.00. The molecule has 0 atom stereocenters. The summed E-state index contributed by atoms with van der Waals surface area (Å²) in [6.45, 7) is 6.01. The number of aromatic carboxylic acids is 1. The van der Waals surface area contributed by atoms with Crippen LogP contribution in [0.1, 0.15) is 23.7 Å². The minimum absolute atomic E-state index is 0.00590. The first-order chi connectivity index (χ1) is 8.43. The molecule has 5 nitrogen and oxygen atoms in total. The van der Waals surface area contributed by atoms with Gasteiger partial charge in [-0.2, -0.15) is 4.31 Å². The van der Waals surface area contributed by atoms with Crippen LogP contribution < -0.4 is 0 Å². The first-order valence-electron chi connectivity index (χ1n) is 5.36. The van der Waals surface area contributed by atoms with Crippen LogP contribution in [0.4, 0.5) is 0 Å². The van der Waals surface area contributed by atoms with Crippen molar-refractivity contribution in [3.8, 4) is 0 Å². The van der Waals surface area contributed by atoms with Gasteiger partial charge in [-0.15, -0.1) is 17.9 Å². The molecule has 1 heterocycles. The maximum absolute atomic E-state index is 12.2. The van der Waals surface area contributed by atoms with E-state index in [1.54, 1.807) is 0 Å². The number of rotatable bonds is 7. The van der Waals surface area contributed by atoms with E-state index in [1.165, 1.54) is 21.8 Å². The minimum Gasteiger partial charge on any atom is -0.478 e. The Kier molecular flexibility index (Phi) is 5.06. The van der Waals surface area contributed by atoms with Crippen molar-refractivity contribution in [2.45, 2.75) is 17.6 Å². The van der Waals surface area contributed by atoms with Crippen LogP contribution in [0.15, 0.2) is 28.3 Å². The summed E-state index contributed by atoms with van der Waals surface area (Å²) >= 11 is 0.920. The van der Waals surface area contributed by atoms with Gasteiger partial charge in [-0.25, -0.2) is 13.2 Å². The molecule has 0 radical (unpaired) electrons. The number of sulfonamides is 1. The number of hydrogen-bond donors (Lipinski definition) is 1. The van der Waals surface area contributed by atoms with Crippen molar-refractivity contribution in [3.63, 3.8) is 0 Å². The predicted octanol–water partition coefficient (Wildman–Crippen LogP) is 2.03. The van der Waals surface area contributed by atoms with Crippen molar-refractivity contribution in [2.75, 3.05) is 13.1 Å². The maximum atomic E-state index is 12.2. The fraction of sp³-hybridized carbons (Fsp3) is 0.364. The number of nitrogens with zero attached hydrogens (tertiary/aromatic N) is 1. The number of carbonyl (C=O) groups is 1. The third-order valence-electron chi connectivity index (χ3n) is 2.22. The standard InChI is InChI=1S/C11H15NO4S2/c1-3-5-12(6-4-2)18(15,16)10-7-9(8-17-10)11(13)14/h3,7-8H,1,4-6H2,2H3,(H,13,14). The summed E-state index contributed by atoms with van der Waals surface area (Å²) in [7, 11) is -3.62. The van der Waals surface area contributed by atoms with Crippen LogP contribution >= 0.6 is 11.3 Å². The van der Waals surface area contributed by atoms with E-state index >= 15 is 0 Å². The van der Waals surface area contributed by atoms with Gasteiger partial charge in [-0.1, -0.05) is 13.0 Å². The Labute approximate surface area is 110 Å². The van der Waals surface area contributed by atoms with E-state index in [-0.39, 0.29) is 16.3 Å². The van der Waals surface area contributed by atoms with E-state index in [1.807, 2.05) is 6.92 Å². The molecule has 1 N–H and O–H groups in total. The van der Waals surface area contributed by atoms with Gasteiger partial charge in [0, 0.05) is 18.5 Å². The largest absolute Gasteiger partial charge is 0.478 e. The molecule has 0 saturated carbocycles. The molecule has 0 aliphatic rings. The molecule has 0 unspecified atom stereocenters. The molecule has 18 heavy (non-hydrogen) atoms. The number of carboxylic acids is 1. The Bertz CT molecular complexity index is 533. The predicted molar refractivity (Wildman–Crippen MR) is 70.5 cm³/mol. The van der Waals surface area contributed by atoms with Gasteiger partial charge in [0.05, 0.1) is 5.56 Å². The molecular formula is C11H15NO4S2. The van der Waals surface area contributed by atoms with E-state index in [4.69, 9.17) is 5.11 Å². The topological polar surface area (TPSA) is 74.7 Å². The highest BCUT2D eigenvalue weighted by molar-refractivity contribution is 7.91. The highest BCUT2D eigenvalue weighted by Crippen LogP contribution is 2.24. The van der Waals surface area contributed by atoms with Crippen LogP contribution in [0.5, 0.6) is 0 Å². The first-order valence-corrected chi connectivity index (χ1v) is 7.68. The second-order valence-electron chi connectivity index (χ2n) is 3.61. The third kappa shape index (κ3) is 3.18. The Hall–Kier alpha value is -1.18. The van der Waals surface area contributed by atoms with Gasteiger partial charge in [0.15, 0.2) is 0 Å². The lowest BCUT2D eigenvalue weighted by Gasteiger charge is -2.18. The van der Waals surface area contributed by atoms with E-state index < -0.39 is 16.0 Å². The van der Waals surface area contributed by atoms with E-state index in [0.29, 0.717) is 13.0 Å². The molecule has 1 rings (SSSR count). The van der Waals surface area contributed by atoms with Crippen molar-refractivity contribution in [2.24, 2.45) is 0 Å². The van der Waals surface area contributed by atoms with Gasteiger partial charge in [0.2, 0.25) is 0 Å². The molecule has 0 saturated heterocycles. The molecule has 0 bridgehead atoms. The Morgan fingerprint density at radius 2 is 2.28 bits per heavy atom. The molecule has 0 amide bonds. The summed E-state index contributed by atoms with van der Waals surface area (Å²) in [6.07, 6.45) is 2.20. The SMILES string of the molecule is C=CCN(CCC)S(=O)(=O)c1cc(C(=O)O)cs1. The summed E-state index contributed by atoms with van der Waals surface area (Å²) in [5, 5.41) is 10.1. The first kappa shape index (κ1) is 14.9. The van der Waals surface area contributed by atoms with Crippen molar-refractivity contribution in [1.82, 2.24) is 4.31 Å². The van der Waals surface area contributed by atoms with E-state index in [2.05, 4.69) is 6.58 Å². The quantitative estimate of drug-likeness (QED) is 0.779.